The van der Waals surface area contributed by atoms with Gasteiger partial charge in [-0.3, -0.25) is 4.99 Å². The topological polar surface area (TPSA) is 80.4 Å². The van der Waals surface area contributed by atoms with Crippen molar-refractivity contribution in [3.8, 4) is 6.07 Å². The summed E-state index contributed by atoms with van der Waals surface area (Å²) < 4.78 is 0.661. The van der Waals surface area contributed by atoms with Gasteiger partial charge in [-0.2, -0.15) is 5.26 Å². The number of aliphatic imine (C=N–C) groups is 1. The summed E-state index contributed by atoms with van der Waals surface area (Å²) in [5, 5.41) is 25.5. The van der Waals surface area contributed by atoms with E-state index in [0.29, 0.717) is 16.8 Å². The predicted octanol–water partition coefficient (Wildman–Crippen LogP) is 2.29. The molecule has 1 aliphatic carbocycles. The van der Waals surface area contributed by atoms with Gasteiger partial charge in [0.2, 0.25) is 0 Å². The molecular weight excluding hydrogens is 308 g/mol. The predicted molar refractivity (Wildman–Crippen MR) is 85.5 cm³/mol. The van der Waals surface area contributed by atoms with Crippen molar-refractivity contribution in [2.75, 3.05) is 13.6 Å². The number of thiophene rings is 1. The Kier molecular flexibility index (Phi) is 5.85. The average molecular weight is 327 g/mol. The number of guanidine groups is 1. The fourth-order valence-corrected chi connectivity index (χ4v) is 3.51. The second kappa shape index (κ2) is 7.64. The molecule has 0 radical (unpaired) electrons. The third-order valence-corrected chi connectivity index (χ3v) is 4.95. The molecule has 1 aromatic heterocycles. The molecule has 5 nitrogen and oxygen atoms in total. The lowest BCUT2D eigenvalue weighted by Gasteiger charge is -2.20. The van der Waals surface area contributed by atoms with Crippen LogP contribution in [0.2, 0.25) is 4.34 Å². The van der Waals surface area contributed by atoms with Gasteiger partial charge >= 0.3 is 0 Å². The lowest BCUT2D eigenvalue weighted by atomic mass is 10.1. The molecule has 0 spiro atoms. The molecule has 0 amide bonds. The number of halogens is 1. The van der Waals surface area contributed by atoms with Gasteiger partial charge in [0.1, 0.15) is 6.10 Å². The molecule has 0 bridgehead atoms. The van der Waals surface area contributed by atoms with Crippen LogP contribution in [-0.2, 0) is 0 Å². The van der Waals surface area contributed by atoms with Crippen LogP contribution in [0, 0.1) is 17.2 Å². The first-order chi connectivity index (χ1) is 10.1. The van der Waals surface area contributed by atoms with E-state index >= 15 is 0 Å². The number of nitriles is 1. The normalized spacial score (nSPS) is 23.6. The summed E-state index contributed by atoms with van der Waals surface area (Å²) in [4.78, 5) is 4.96. The van der Waals surface area contributed by atoms with E-state index in [9.17, 15) is 5.11 Å². The van der Waals surface area contributed by atoms with Gasteiger partial charge in [-0.05, 0) is 31.4 Å². The Morgan fingerprint density at radius 2 is 2.43 bits per heavy atom. The molecule has 0 saturated heterocycles. The van der Waals surface area contributed by atoms with E-state index < -0.39 is 6.10 Å². The van der Waals surface area contributed by atoms with E-state index in [0.717, 1.165) is 24.1 Å². The van der Waals surface area contributed by atoms with Crippen molar-refractivity contribution in [2.45, 2.75) is 31.4 Å². The highest BCUT2D eigenvalue weighted by Crippen LogP contribution is 2.27. The number of rotatable bonds is 4. The third kappa shape index (κ3) is 4.34. The molecule has 2 rings (SSSR count). The SMILES string of the molecule is CN=C(NCC(O)c1ccc(Cl)s1)NC1CCCC1C#N. The maximum absolute atomic E-state index is 10.1. The molecule has 1 aromatic rings. The highest BCUT2D eigenvalue weighted by Gasteiger charge is 2.27. The van der Waals surface area contributed by atoms with E-state index in [1.807, 2.05) is 6.07 Å². The number of aliphatic hydroxyl groups is 1. The molecule has 114 valence electrons. The summed E-state index contributed by atoms with van der Waals surface area (Å²) >= 11 is 7.22. The first-order valence-corrected chi connectivity index (χ1v) is 8.13. The summed E-state index contributed by atoms with van der Waals surface area (Å²) in [5.74, 6) is 0.647. The Balaban J connectivity index is 1.84. The van der Waals surface area contributed by atoms with E-state index in [-0.39, 0.29) is 12.0 Å². The lowest BCUT2D eigenvalue weighted by molar-refractivity contribution is 0.184. The van der Waals surface area contributed by atoms with Crippen LogP contribution in [-0.4, -0.2) is 30.7 Å². The Morgan fingerprint density at radius 3 is 3.05 bits per heavy atom. The molecular formula is C14H19ClN4OS. The van der Waals surface area contributed by atoms with Gasteiger partial charge in [0.25, 0.3) is 0 Å². The number of aliphatic hydroxyl groups excluding tert-OH is 1. The van der Waals surface area contributed by atoms with E-state index in [4.69, 9.17) is 16.9 Å². The van der Waals surface area contributed by atoms with Crippen molar-refractivity contribution in [1.29, 1.82) is 5.26 Å². The Labute approximate surface area is 133 Å². The first-order valence-electron chi connectivity index (χ1n) is 6.94. The van der Waals surface area contributed by atoms with Gasteiger partial charge in [-0.25, -0.2) is 0 Å². The highest BCUT2D eigenvalue weighted by molar-refractivity contribution is 7.16. The molecule has 1 aliphatic rings. The van der Waals surface area contributed by atoms with Gasteiger partial charge in [0.15, 0.2) is 5.96 Å². The Hall–Kier alpha value is -1.29. The van der Waals surface area contributed by atoms with Crippen LogP contribution in [0.15, 0.2) is 17.1 Å². The lowest BCUT2D eigenvalue weighted by Crippen LogP contribution is -2.45. The summed E-state index contributed by atoms with van der Waals surface area (Å²) in [5.41, 5.74) is 0. The summed E-state index contributed by atoms with van der Waals surface area (Å²) in [6, 6.07) is 6.05. The zero-order valence-electron chi connectivity index (χ0n) is 11.8. The molecule has 3 unspecified atom stereocenters. The van der Waals surface area contributed by atoms with Crippen LogP contribution in [0.5, 0.6) is 0 Å². The van der Waals surface area contributed by atoms with Crippen LogP contribution >= 0.6 is 22.9 Å². The van der Waals surface area contributed by atoms with Crippen LogP contribution in [0.3, 0.4) is 0 Å². The molecule has 7 heteroatoms. The smallest absolute Gasteiger partial charge is 0.191 e. The third-order valence-electron chi connectivity index (χ3n) is 3.61. The summed E-state index contributed by atoms with van der Waals surface area (Å²) in [6.45, 7) is 0.348. The standard InChI is InChI=1S/C14H19ClN4OS/c1-17-14(19-10-4-2-3-9(10)7-16)18-8-11(20)12-5-6-13(15)21-12/h5-6,9-11,20H,2-4,8H2,1H3,(H2,17,18,19). The van der Waals surface area contributed by atoms with Crippen molar-refractivity contribution in [3.05, 3.63) is 21.3 Å². The minimum absolute atomic E-state index is 0.0320. The molecule has 3 atom stereocenters. The van der Waals surface area contributed by atoms with Crippen LogP contribution < -0.4 is 10.6 Å². The number of hydrogen-bond acceptors (Lipinski definition) is 4. The van der Waals surface area contributed by atoms with Gasteiger partial charge in [0, 0.05) is 24.5 Å². The maximum Gasteiger partial charge on any atom is 0.191 e. The molecule has 0 aromatic carbocycles. The molecule has 1 saturated carbocycles. The Morgan fingerprint density at radius 1 is 1.62 bits per heavy atom. The van der Waals surface area contributed by atoms with Crippen LogP contribution in [0.25, 0.3) is 0 Å². The number of nitrogens with one attached hydrogen (secondary N) is 2. The average Bonchev–Trinajstić information content (AvgIpc) is 3.11. The van der Waals surface area contributed by atoms with E-state index in [2.05, 4.69) is 21.7 Å². The number of nitrogens with zero attached hydrogens (tertiary/aromatic N) is 2. The molecule has 21 heavy (non-hydrogen) atoms. The van der Waals surface area contributed by atoms with Crippen molar-refractivity contribution in [1.82, 2.24) is 10.6 Å². The fraction of sp³-hybridized carbons (Fsp3) is 0.571. The first kappa shape index (κ1) is 16.1. The zero-order chi connectivity index (χ0) is 15.2. The molecule has 1 heterocycles. The second-order valence-corrected chi connectivity index (χ2v) is 6.77. The van der Waals surface area contributed by atoms with Gasteiger partial charge < -0.3 is 15.7 Å². The summed E-state index contributed by atoms with van der Waals surface area (Å²) in [6.07, 6.45) is 2.34. The summed E-state index contributed by atoms with van der Waals surface area (Å²) in [7, 11) is 1.68. The molecule has 1 fully saturated rings. The van der Waals surface area contributed by atoms with Gasteiger partial charge in [-0.1, -0.05) is 11.6 Å². The van der Waals surface area contributed by atoms with Crippen molar-refractivity contribution in [2.24, 2.45) is 10.9 Å². The van der Waals surface area contributed by atoms with E-state index in [1.165, 1.54) is 11.3 Å². The largest absolute Gasteiger partial charge is 0.386 e. The maximum atomic E-state index is 10.1. The van der Waals surface area contributed by atoms with Gasteiger partial charge in [0.05, 0.1) is 16.3 Å². The van der Waals surface area contributed by atoms with Crippen LogP contribution in [0.4, 0.5) is 0 Å². The van der Waals surface area contributed by atoms with Crippen molar-refractivity contribution in [3.63, 3.8) is 0 Å². The van der Waals surface area contributed by atoms with E-state index in [1.54, 1.807) is 13.1 Å². The van der Waals surface area contributed by atoms with Crippen molar-refractivity contribution < 1.29 is 5.11 Å². The molecule has 3 N–H and O–H groups in total. The second-order valence-electron chi connectivity index (χ2n) is 5.03. The molecule has 0 aliphatic heterocycles. The Bertz CT molecular complexity index is 539. The number of hydrogen-bond donors (Lipinski definition) is 3. The van der Waals surface area contributed by atoms with Gasteiger partial charge in [-0.15, -0.1) is 11.3 Å². The van der Waals surface area contributed by atoms with Crippen LogP contribution in [0.1, 0.15) is 30.2 Å². The minimum Gasteiger partial charge on any atom is -0.386 e. The fourth-order valence-electron chi connectivity index (χ4n) is 2.46. The monoisotopic (exact) mass is 326 g/mol. The zero-order valence-corrected chi connectivity index (χ0v) is 13.4. The minimum atomic E-state index is -0.628. The van der Waals surface area contributed by atoms with Crippen molar-refractivity contribution >= 4 is 28.9 Å². The quantitative estimate of drug-likeness (QED) is 0.586. The highest BCUT2D eigenvalue weighted by atomic mass is 35.5.